The topological polar surface area (TPSA) is 86.6 Å². The van der Waals surface area contributed by atoms with Crippen LogP contribution in [0, 0.1) is 0 Å². The van der Waals surface area contributed by atoms with Crippen molar-refractivity contribution in [2.24, 2.45) is 0 Å². The Bertz CT molecular complexity index is 1290. The molecular formula is C28H25NO4S. The van der Waals surface area contributed by atoms with E-state index in [4.69, 9.17) is 0 Å². The zero-order valence-corrected chi connectivity index (χ0v) is 19.7. The summed E-state index contributed by atoms with van der Waals surface area (Å²) in [7, 11) is 0. The van der Waals surface area contributed by atoms with Gasteiger partial charge in [0.15, 0.2) is 17.3 Å². The van der Waals surface area contributed by atoms with Gasteiger partial charge in [-0.05, 0) is 50.6 Å². The van der Waals surface area contributed by atoms with E-state index in [1.54, 1.807) is 12.1 Å². The molecular weight excluding hydrogens is 446 g/mol. The number of phenolic OH excluding ortho intramolecular Hbond substituents is 2. The molecule has 0 saturated carbocycles. The summed E-state index contributed by atoms with van der Waals surface area (Å²) >= 11 is 1.49. The van der Waals surface area contributed by atoms with Crippen LogP contribution in [-0.4, -0.2) is 27.0 Å². The summed E-state index contributed by atoms with van der Waals surface area (Å²) in [4.78, 5) is 27.7. The fourth-order valence-corrected chi connectivity index (χ4v) is 4.94. The Morgan fingerprint density at radius 3 is 2.26 bits per heavy atom. The lowest BCUT2D eigenvalue weighted by molar-refractivity contribution is 0.0977. The highest BCUT2D eigenvalue weighted by Gasteiger charge is 2.35. The van der Waals surface area contributed by atoms with Gasteiger partial charge in [-0.25, -0.2) is 0 Å². The van der Waals surface area contributed by atoms with Crippen molar-refractivity contribution in [2.75, 3.05) is 5.32 Å². The number of aromatic hydroxyl groups is 2. The molecule has 0 spiro atoms. The third kappa shape index (κ3) is 4.92. The lowest BCUT2D eigenvalue weighted by Gasteiger charge is -2.24. The molecule has 5 nitrogen and oxygen atoms in total. The molecule has 0 amide bonds. The normalized spacial score (nSPS) is 13.6. The standard InChI is InChI=1S/C28H25NO4S/c1-17(2)13-14-24(34-19-11-7-4-8-12-19)20-15-22(30)26-25(27(20)32)23(31)16-21(28(26)33)29-18-9-5-3-6-10-18/h3-13,15-16,24,29,31,33H,14H2,1-2H3. The van der Waals surface area contributed by atoms with Crippen LogP contribution in [0.15, 0.2) is 94.9 Å². The van der Waals surface area contributed by atoms with Gasteiger partial charge >= 0.3 is 0 Å². The van der Waals surface area contributed by atoms with E-state index in [9.17, 15) is 19.8 Å². The summed E-state index contributed by atoms with van der Waals surface area (Å²) in [6, 6.07) is 20.0. The predicted molar refractivity (Wildman–Crippen MR) is 136 cm³/mol. The van der Waals surface area contributed by atoms with E-state index in [0.29, 0.717) is 17.7 Å². The minimum absolute atomic E-state index is 0.153. The van der Waals surface area contributed by atoms with Crippen LogP contribution in [0.5, 0.6) is 11.5 Å². The molecule has 4 rings (SSSR count). The Morgan fingerprint density at radius 2 is 1.62 bits per heavy atom. The summed E-state index contributed by atoms with van der Waals surface area (Å²) in [5, 5.41) is 24.3. The van der Waals surface area contributed by atoms with Crippen molar-refractivity contribution in [3.05, 3.63) is 101 Å². The van der Waals surface area contributed by atoms with Gasteiger partial charge in [0.2, 0.25) is 0 Å². The Labute approximate surface area is 202 Å². The summed E-state index contributed by atoms with van der Waals surface area (Å²) < 4.78 is 0. The second-order valence-electron chi connectivity index (χ2n) is 8.26. The van der Waals surface area contributed by atoms with Crippen LogP contribution in [0.3, 0.4) is 0 Å². The largest absolute Gasteiger partial charge is 0.507 e. The number of phenols is 2. The van der Waals surface area contributed by atoms with E-state index in [0.717, 1.165) is 10.5 Å². The Hall–Kier alpha value is -3.77. The van der Waals surface area contributed by atoms with E-state index in [1.165, 1.54) is 23.9 Å². The van der Waals surface area contributed by atoms with E-state index >= 15 is 0 Å². The molecule has 0 saturated heterocycles. The zero-order chi connectivity index (χ0) is 24.2. The molecule has 1 unspecified atom stereocenters. The van der Waals surface area contributed by atoms with E-state index in [-0.39, 0.29) is 33.6 Å². The first-order valence-corrected chi connectivity index (χ1v) is 11.8. The first-order valence-electron chi connectivity index (χ1n) is 10.9. The number of benzene rings is 3. The second-order valence-corrected chi connectivity index (χ2v) is 9.54. The molecule has 0 radical (unpaired) electrons. The number of carbonyl (C=O) groups excluding carboxylic acids is 2. The SMILES string of the molecule is CC(C)=CCC(Sc1ccccc1)C1=CC(=O)c2c(O)c(Nc3ccccc3)cc(O)c2C1=O. The van der Waals surface area contributed by atoms with Gasteiger partial charge < -0.3 is 15.5 Å². The highest BCUT2D eigenvalue weighted by atomic mass is 32.2. The first-order chi connectivity index (χ1) is 16.3. The molecule has 34 heavy (non-hydrogen) atoms. The van der Waals surface area contributed by atoms with Crippen LogP contribution < -0.4 is 5.32 Å². The first kappa shape index (κ1) is 23.4. The van der Waals surface area contributed by atoms with Gasteiger partial charge in [0.25, 0.3) is 0 Å². The molecule has 1 aliphatic carbocycles. The number of nitrogens with one attached hydrogen (secondary N) is 1. The molecule has 3 N–H and O–H groups in total. The van der Waals surface area contributed by atoms with Gasteiger partial charge in [0.1, 0.15) is 5.75 Å². The molecule has 3 aromatic carbocycles. The summed E-state index contributed by atoms with van der Waals surface area (Å²) in [6.45, 7) is 3.96. The molecule has 172 valence electrons. The molecule has 1 atom stereocenters. The Kier molecular flexibility index (Phi) is 6.89. The van der Waals surface area contributed by atoms with Gasteiger partial charge in [-0.1, -0.05) is 48.0 Å². The van der Waals surface area contributed by atoms with Crippen molar-refractivity contribution < 1.29 is 19.8 Å². The number of para-hydroxylation sites is 1. The molecule has 3 aromatic rings. The smallest absolute Gasteiger partial charge is 0.194 e. The molecule has 0 bridgehead atoms. The van der Waals surface area contributed by atoms with Gasteiger partial charge in [-0.3, -0.25) is 9.59 Å². The van der Waals surface area contributed by atoms with Crippen LogP contribution in [0.1, 0.15) is 41.0 Å². The van der Waals surface area contributed by atoms with Crippen molar-refractivity contribution in [3.8, 4) is 11.5 Å². The highest BCUT2D eigenvalue weighted by molar-refractivity contribution is 8.00. The lowest BCUT2D eigenvalue weighted by atomic mass is 9.85. The molecule has 6 heteroatoms. The minimum atomic E-state index is -0.509. The third-order valence-corrected chi connectivity index (χ3v) is 6.74. The number of carbonyl (C=O) groups is 2. The molecule has 0 aliphatic heterocycles. The van der Waals surface area contributed by atoms with Crippen molar-refractivity contribution in [1.82, 2.24) is 0 Å². The van der Waals surface area contributed by atoms with Crippen LogP contribution in [0.4, 0.5) is 11.4 Å². The van der Waals surface area contributed by atoms with Crippen LogP contribution in [0.2, 0.25) is 0 Å². The van der Waals surface area contributed by atoms with Crippen LogP contribution in [-0.2, 0) is 0 Å². The maximum Gasteiger partial charge on any atom is 0.194 e. The minimum Gasteiger partial charge on any atom is -0.507 e. The number of rotatable bonds is 7. The maximum absolute atomic E-state index is 13.5. The second kappa shape index (κ2) is 10.0. The van der Waals surface area contributed by atoms with Crippen LogP contribution >= 0.6 is 11.8 Å². The number of hydrogen-bond donors (Lipinski definition) is 3. The Morgan fingerprint density at radius 1 is 0.971 bits per heavy atom. The molecule has 0 fully saturated rings. The van der Waals surface area contributed by atoms with Crippen molar-refractivity contribution in [3.63, 3.8) is 0 Å². The fourth-order valence-electron chi connectivity index (χ4n) is 3.81. The summed E-state index contributed by atoms with van der Waals surface area (Å²) in [6.07, 6.45) is 3.87. The number of hydrogen-bond acceptors (Lipinski definition) is 6. The molecule has 0 heterocycles. The number of allylic oxidation sites excluding steroid dienone is 3. The van der Waals surface area contributed by atoms with Crippen molar-refractivity contribution in [2.45, 2.75) is 30.4 Å². The maximum atomic E-state index is 13.5. The average Bonchev–Trinajstić information content (AvgIpc) is 2.82. The zero-order valence-electron chi connectivity index (χ0n) is 18.9. The Balaban J connectivity index is 1.73. The van der Waals surface area contributed by atoms with E-state index < -0.39 is 11.6 Å². The predicted octanol–water partition coefficient (Wildman–Crippen LogP) is 6.66. The number of Topliss-reactive ketones (excluding diaryl/α,β-unsaturated/α-hetero) is 1. The molecule has 0 aromatic heterocycles. The summed E-state index contributed by atoms with van der Waals surface area (Å²) in [5.41, 5.74) is 1.89. The number of thioether (sulfide) groups is 1. The van der Waals surface area contributed by atoms with Gasteiger partial charge in [-0.15, -0.1) is 11.8 Å². The van der Waals surface area contributed by atoms with Crippen molar-refractivity contribution >= 4 is 34.7 Å². The lowest BCUT2D eigenvalue weighted by Crippen LogP contribution is -2.24. The quantitative estimate of drug-likeness (QED) is 0.155. The van der Waals surface area contributed by atoms with Gasteiger partial charge in [-0.2, -0.15) is 0 Å². The van der Waals surface area contributed by atoms with Crippen molar-refractivity contribution in [1.29, 1.82) is 0 Å². The number of ketones is 2. The third-order valence-electron chi connectivity index (χ3n) is 5.46. The van der Waals surface area contributed by atoms with Gasteiger partial charge in [0, 0.05) is 27.5 Å². The van der Waals surface area contributed by atoms with E-state index in [2.05, 4.69) is 5.32 Å². The van der Waals surface area contributed by atoms with E-state index in [1.807, 2.05) is 68.5 Å². The number of anilines is 2. The average molecular weight is 472 g/mol. The monoisotopic (exact) mass is 471 g/mol. The number of fused-ring (bicyclic) bond motifs is 1. The summed E-state index contributed by atoms with van der Waals surface area (Å²) in [5.74, 6) is -1.67. The van der Waals surface area contributed by atoms with Crippen LogP contribution in [0.25, 0.3) is 0 Å². The molecule has 1 aliphatic rings. The van der Waals surface area contributed by atoms with Gasteiger partial charge in [0.05, 0.1) is 16.8 Å². The highest BCUT2D eigenvalue weighted by Crippen LogP contribution is 2.44. The fraction of sp³-hybridized carbons (Fsp3) is 0.143.